The van der Waals surface area contributed by atoms with E-state index in [1.807, 2.05) is 0 Å². The summed E-state index contributed by atoms with van der Waals surface area (Å²) in [5, 5.41) is 12.1. The minimum absolute atomic E-state index is 0.276. The number of nitrogens with zero attached hydrogens (tertiary/aromatic N) is 1. The van der Waals surface area contributed by atoms with Crippen LogP contribution >= 0.6 is 0 Å². The van der Waals surface area contributed by atoms with E-state index in [0.717, 1.165) is 39.0 Å². The van der Waals surface area contributed by atoms with E-state index in [0.29, 0.717) is 0 Å². The zero-order chi connectivity index (χ0) is 8.60. The lowest BCUT2D eigenvalue weighted by Crippen LogP contribution is -2.32. The van der Waals surface area contributed by atoms with Gasteiger partial charge in [-0.05, 0) is 19.4 Å². The number of likely N-dealkylation sites (tertiary alicyclic amines) is 1. The topological polar surface area (TPSA) is 52.6 Å². The molecule has 0 aromatic rings. The number of carbonyl (C=O) groups is 1. The molecule has 2 heterocycles. The summed E-state index contributed by atoms with van der Waals surface area (Å²) in [6.45, 7) is 3.50. The summed E-state index contributed by atoms with van der Waals surface area (Å²) in [5.74, 6) is 0. The molecule has 0 bridgehead atoms. The molecule has 68 valence electrons. The Morgan fingerprint density at radius 1 is 1.50 bits per heavy atom. The van der Waals surface area contributed by atoms with Gasteiger partial charge in [-0.1, -0.05) is 0 Å². The first kappa shape index (κ1) is 7.86. The van der Waals surface area contributed by atoms with Crippen LogP contribution in [0.4, 0.5) is 4.79 Å². The van der Waals surface area contributed by atoms with Crippen LogP contribution in [0.15, 0.2) is 0 Å². The lowest BCUT2D eigenvalue weighted by Gasteiger charge is -2.20. The van der Waals surface area contributed by atoms with Gasteiger partial charge in [-0.2, -0.15) is 0 Å². The summed E-state index contributed by atoms with van der Waals surface area (Å²) in [4.78, 5) is 12.2. The first-order valence-electron chi connectivity index (χ1n) is 4.41. The van der Waals surface area contributed by atoms with Crippen LogP contribution < -0.4 is 5.32 Å². The molecule has 4 heteroatoms. The molecule has 1 spiro atoms. The fraction of sp³-hybridized carbons (Fsp3) is 0.875. The van der Waals surface area contributed by atoms with Gasteiger partial charge in [0.1, 0.15) is 0 Å². The van der Waals surface area contributed by atoms with Crippen LogP contribution in [0.1, 0.15) is 12.8 Å². The predicted molar refractivity (Wildman–Crippen MR) is 44.1 cm³/mol. The first-order chi connectivity index (χ1) is 5.72. The second-order valence-corrected chi connectivity index (χ2v) is 3.88. The molecule has 2 aliphatic rings. The summed E-state index contributed by atoms with van der Waals surface area (Å²) < 4.78 is 0. The molecule has 4 nitrogen and oxygen atoms in total. The average molecular weight is 170 g/mol. The second kappa shape index (κ2) is 2.62. The SMILES string of the molecule is O=C(O)N1CCC2(CCNC2)C1. The Kier molecular flexibility index (Phi) is 1.72. The van der Waals surface area contributed by atoms with Gasteiger partial charge in [0.2, 0.25) is 0 Å². The highest BCUT2D eigenvalue weighted by atomic mass is 16.4. The Morgan fingerprint density at radius 3 is 2.83 bits per heavy atom. The van der Waals surface area contributed by atoms with Gasteiger partial charge in [-0.3, -0.25) is 0 Å². The summed E-state index contributed by atoms with van der Waals surface area (Å²) in [5.41, 5.74) is 0.276. The van der Waals surface area contributed by atoms with E-state index in [1.54, 1.807) is 0 Å². The number of hydrogen-bond donors (Lipinski definition) is 2. The van der Waals surface area contributed by atoms with Gasteiger partial charge in [0.15, 0.2) is 0 Å². The van der Waals surface area contributed by atoms with E-state index >= 15 is 0 Å². The monoisotopic (exact) mass is 170 g/mol. The number of nitrogens with one attached hydrogen (secondary N) is 1. The number of rotatable bonds is 0. The minimum Gasteiger partial charge on any atom is -0.465 e. The molecule has 0 radical (unpaired) electrons. The Balaban J connectivity index is 2.01. The van der Waals surface area contributed by atoms with Gasteiger partial charge in [0, 0.05) is 25.0 Å². The van der Waals surface area contributed by atoms with Crippen molar-refractivity contribution in [3.8, 4) is 0 Å². The summed E-state index contributed by atoms with van der Waals surface area (Å²) in [6.07, 6.45) is 1.40. The van der Waals surface area contributed by atoms with Gasteiger partial charge in [-0.15, -0.1) is 0 Å². The first-order valence-corrected chi connectivity index (χ1v) is 4.41. The molecule has 2 fully saturated rings. The van der Waals surface area contributed by atoms with Crippen LogP contribution in [-0.2, 0) is 0 Å². The average Bonchev–Trinajstić information content (AvgIpc) is 2.62. The molecular formula is C8H14N2O2. The molecule has 1 unspecified atom stereocenters. The predicted octanol–water partition coefficient (Wildman–Crippen LogP) is 0.350. The largest absolute Gasteiger partial charge is 0.465 e. The van der Waals surface area contributed by atoms with E-state index in [1.165, 1.54) is 4.90 Å². The van der Waals surface area contributed by atoms with Gasteiger partial charge in [0.05, 0.1) is 0 Å². The zero-order valence-electron chi connectivity index (χ0n) is 7.05. The van der Waals surface area contributed by atoms with Crippen LogP contribution in [0.2, 0.25) is 0 Å². The molecule has 0 aliphatic carbocycles. The van der Waals surface area contributed by atoms with Crippen molar-refractivity contribution in [2.75, 3.05) is 26.2 Å². The van der Waals surface area contributed by atoms with Crippen molar-refractivity contribution in [2.45, 2.75) is 12.8 Å². The maximum Gasteiger partial charge on any atom is 0.407 e. The highest BCUT2D eigenvalue weighted by Crippen LogP contribution is 2.35. The lowest BCUT2D eigenvalue weighted by molar-refractivity contribution is 0.150. The molecular weight excluding hydrogens is 156 g/mol. The lowest BCUT2D eigenvalue weighted by atomic mass is 9.87. The quantitative estimate of drug-likeness (QED) is 0.551. The second-order valence-electron chi connectivity index (χ2n) is 3.88. The Labute approximate surface area is 71.5 Å². The van der Waals surface area contributed by atoms with Gasteiger partial charge >= 0.3 is 6.09 Å². The molecule has 12 heavy (non-hydrogen) atoms. The summed E-state index contributed by atoms with van der Waals surface area (Å²) in [7, 11) is 0. The summed E-state index contributed by atoms with van der Waals surface area (Å²) in [6, 6.07) is 0. The normalized spacial score (nSPS) is 34.8. The maximum absolute atomic E-state index is 10.6. The van der Waals surface area contributed by atoms with Crippen molar-refractivity contribution in [2.24, 2.45) is 5.41 Å². The molecule has 1 atom stereocenters. The highest BCUT2D eigenvalue weighted by Gasteiger charge is 2.41. The molecule has 2 saturated heterocycles. The molecule has 2 aliphatic heterocycles. The van der Waals surface area contributed by atoms with Crippen molar-refractivity contribution in [3.05, 3.63) is 0 Å². The van der Waals surface area contributed by atoms with Gasteiger partial charge in [-0.25, -0.2) is 4.79 Å². The third-order valence-electron chi connectivity index (χ3n) is 3.04. The molecule has 1 amide bonds. The van der Waals surface area contributed by atoms with E-state index in [2.05, 4.69) is 5.32 Å². The number of hydrogen-bond acceptors (Lipinski definition) is 2. The van der Waals surface area contributed by atoms with Crippen LogP contribution in [0.5, 0.6) is 0 Å². The Bertz CT molecular complexity index is 199. The molecule has 0 aromatic heterocycles. The van der Waals surface area contributed by atoms with Gasteiger partial charge < -0.3 is 15.3 Å². The third kappa shape index (κ3) is 1.16. The number of carboxylic acid groups (broad SMARTS) is 1. The van der Waals surface area contributed by atoms with E-state index in [4.69, 9.17) is 5.11 Å². The zero-order valence-corrected chi connectivity index (χ0v) is 7.05. The van der Waals surface area contributed by atoms with Crippen molar-refractivity contribution in [3.63, 3.8) is 0 Å². The Morgan fingerprint density at radius 2 is 2.33 bits per heavy atom. The molecule has 0 aromatic carbocycles. The van der Waals surface area contributed by atoms with Crippen LogP contribution in [-0.4, -0.2) is 42.3 Å². The van der Waals surface area contributed by atoms with Gasteiger partial charge in [0.25, 0.3) is 0 Å². The van der Waals surface area contributed by atoms with Crippen LogP contribution in [0, 0.1) is 5.41 Å². The van der Waals surface area contributed by atoms with E-state index in [9.17, 15) is 4.79 Å². The van der Waals surface area contributed by atoms with Crippen LogP contribution in [0.25, 0.3) is 0 Å². The third-order valence-corrected chi connectivity index (χ3v) is 3.04. The van der Waals surface area contributed by atoms with E-state index in [-0.39, 0.29) is 5.41 Å². The van der Waals surface area contributed by atoms with Crippen molar-refractivity contribution in [1.29, 1.82) is 0 Å². The van der Waals surface area contributed by atoms with Crippen molar-refractivity contribution >= 4 is 6.09 Å². The smallest absolute Gasteiger partial charge is 0.407 e. The molecule has 2 rings (SSSR count). The van der Waals surface area contributed by atoms with Crippen molar-refractivity contribution in [1.82, 2.24) is 10.2 Å². The molecule has 0 saturated carbocycles. The highest BCUT2D eigenvalue weighted by molar-refractivity contribution is 5.65. The minimum atomic E-state index is -0.765. The molecule has 2 N–H and O–H groups in total. The van der Waals surface area contributed by atoms with Crippen molar-refractivity contribution < 1.29 is 9.90 Å². The standard InChI is InChI=1S/C8H14N2O2/c11-7(12)10-4-2-8(6-10)1-3-9-5-8/h9H,1-6H2,(H,11,12). The van der Waals surface area contributed by atoms with E-state index < -0.39 is 6.09 Å². The Hall–Kier alpha value is -0.770. The fourth-order valence-electron chi connectivity index (χ4n) is 2.24. The maximum atomic E-state index is 10.6. The fourth-order valence-corrected chi connectivity index (χ4v) is 2.24. The summed E-state index contributed by atoms with van der Waals surface area (Å²) >= 11 is 0. The van der Waals surface area contributed by atoms with Crippen LogP contribution in [0.3, 0.4) is 0 Å². The number of amides is 1.